The van der Waals surface area contributed by atoms with Gasteiger partial charge in [0.2, 0.25) is 0 Å². The lowest BCUT2D eigenvalue weighted by Gasteiger charge is -2.63. The quantitative estimate of drug-likeness (QED) is 0.843. The molecule has 3 rings (SSSR count). The van der Waals surface area contributed by atoms with Crippen LogP contribution in [0.25, 0.3) is 0 Å². The summed E-state index contributed by atoms with van der Waals surface area (Å²) in [5.74, 6) is 0.567. The topological polar surface area (TPSA) is 41.7 Å². The molecule has 20 heavy (non-hydrogen) atoms. The summed E-state index contributed by atoms with van der Waals surface area (Å²) in [6.45, 7) is 8.91. The predicted octanol–water partition coefficient (Wildman–Crippen LogP) is 1.15. The molecule has 0 aromatic rings. The molecular weight excluding hydrogens is 250 g/mol. The Morgan fingerprint density at radius 3 is 2.75 bits per heavy atom. The highest BCUT2D eigenvalue weighted by Gasteiger charge is 2.67. The third-order valence-electron chi connectivity index (χ3n) is 6.36. The molecule has 0 spiro atoms. The van der Waals surface area contributed by atoms with Gasteiger partial charge in [-0.3, -0.25) is 4.90 Å². The number of piperidine rings is 1. The first-order valence-corrected chi connectivity index (χ1v) is 8.15. The fourth-order valence-corrected chi connectivity index (χ4v) is 4.76. The van der Waals surface area contributed by atoms with E-state index < -0.39 is 0 Å². The Hall–Kier alpha value is -0.160. The molecular formula is C16H31N3O. The summed E-state index contributed by atoms with van der Waals surface area (Å²) in [5, 5.41) is 0. The van der Waals surface area contributed by atoms with E-state index in [-0.39, 0.29) is 11.0 Å². The highest BCUT2D eigenvalue weighted by atomic mass is 16.5. The molecule has 2 aliphatic heterocycles. The van der Waals surface area contributed by atoms with Crippen molar-refractivity contribution in [1.29, 1.82) is 0 Å². The van der Waals surface area contributed by atoms with Crippen molar-refractivity contribution in [2.24, 2.45) is 17.1 Å². The summed E-state index contributed by atoms with van der Waals surface area (Å²) >= 11 is 0. The van der Waals surface area contributed by atoms with Gasteiger partial charge < -0.3 is 15.4 Å². The number of hydrogen-bond acceptors (Lipinski definition) is 4. The van der Waals surface area contributed by atoms with Crippen LogP contribution in [0.4, 0.5) is 0 Å². The standard InChI is InChI=1S/C16H31N3O/c1-15(2)14-13(7-9-20-14)16(15,17)11-19-8-5-6-12(10-19)18(3)4/h12-14H,5-11,17H2,1-4H3. The molecule has 3 fully saturated rings. The van der Waals surface area contributed by atoms with E-state index in [1.54, 1.807) is 0 Å². The van der Waals surface area contributed by atoms with E-state index in [4.69, 9.17) is 10.5 Å². The van der Waals surface area contributed by atoms with Crippen LogP contribution in [0.1, 0.15) is 33.1 Å². The summed E-state index contributed by atoms with van der Waals surface area (Å²) in [5.41, 5.74) is 6.93. The Morgan fingerprint density at radius 2 is 2.05 bits per heavy atom. The van der Waals surface area contributed by atoms with Crippen molar-refractivity contribution in [2.45, 2.75) is 50.8 Å². The van der Waals surface area contributed by atoms with E-state index in [0.29, 0.717) is 18.1 Å². The summed E-state index contributed by atoms with van der Waals surface area (Å²) in [6.07, 6.45) is 4.15. The van der Waals surface area contributed by atoms with Crippen molar-refractivity contribution in [2.75, 3.05) is 40.3 Å². The summed E-state index contributed by atoms with van der Waals surface area (Å²) < 4.78 is 5.90. The lowest BCUT2D eigenvalue weighted by molar-refractivity contribution is -0.164. The highest BCUT2D eigenvalue weighted by molar-refractivity contribution is 5.21. The van der Waals surface area contributed by atoms with Crippen LogP contribution in [-0.4, -0.2) is 67.8 Å². The second-order valence-electron chi connectivity index (χ2n) is 7.94. The molecule has 4 nitrogen and oxygen atoms in total. The van der Waals surface area contributed by atoms with Crippen LogP contribution in [0.5, 0.6) is 0 Å². The minimum absolute atomic E-state index is 0.0671. The summed E-state index contributed by atoms with van der Waals surface area (Å²) in [4.78, 5) is 4.97. The van der Waals surface area contributed by atoms with E-state index in [9.17, 15) is 0 Å². The van der Waals surface area contributed by atoms with Gasteiger partial charge in [-0.1, -0.05) is 13.8 Å². The number of nitrogens with zero attached hydrogens (tertiary/aromatic N) is 2. The monoisotopic (exact) mass is 281 g/mol. The van der Waals surface area contributed by atoms with Crippen LogP contribution >= 0.6 is 0 Å². The van der Waals surface area contributed by atoms with Gasteiger partial charge in [0.25, 0.3) is 0 Å². The van der Waals surface area contributed by atoms with Crippen molar-refractivity contribution in [3.63, 3.8) is 0 Å². The van der Waals surface area contributed by atoms with Crippen molar-refractivity contribution >= 4 is 0 Å². The summed E-state index contributed by atoms with van der Waals surface area (Å²) in [6, 6.07) is 0.686. The van der Waals surface area contributed by atoms with Gasteiger partial charge in [-0.2, -0.15) is 0 Å². The number of likely N-dealkylation sites (N-methyl/N-ethyl adjacent to an activating group) is 1. The highest BCUT2D eigenvalue weighted by Crippen LogP contribution is 2.58. The molecule has 116 valence electrons. The maximum absolute atomic E-state index is 6.88. The third kappa shape index (κ3) is 2.04. The number of likely N-dealkylation sites (tertiary alicyclic amines) is 1. The van der Waals surface area contributed by atoms with Crippen LogP contribution in [-0.2, 0) is 4.74 Å². The molecule has 2 N–H and O–H groups in total. The lowest BCUT2D eigenvalue weighted by Crippen LogP contribution is -2.78. The number of hydrogen-bond donors (Lipinski definition) is 1. The number of rotatable bonds is 3. The minimum atomic E-state index is -0.0671. The molecule has 4 atom stereocenters. The molecule has 2 heterocycles. The Balaban J connectivity index is 1.68. The maximum atomic E-state index is 6.88. The van der Waals surface area contributed by atoms with Crippen LogP contribution < -0.4 is 5.73 Å². The van der Waals surface area contributed by atoms with Gasteiger partial charge in [0, 0.05) is 42.6 Å². The molecule has 3 aliphatic rings. The van der Waals surface area contributed by atoms with Crippen molar-refractivity contribution in [1.82, 2.24) is 9.80 Å². The van der Waals surface area contributed by atoms with Gasteiger partial charge in [-0.25, -0.2) is 0 Å². The van der Waals surface area contributed by atoms with Gasteiger partial charge in [-0.15, -0.1) is 0 Å². The van der Waals surface area contributed by atoms with E-state index in [1.807, 2.05) is 0 Å². The Bertz CT molecular complexity index is 371. The summed E-state index contributed by atoms with van der Waals surface area (Å²) in [7, 11) is 4.39. The first-order valence-electron chi connectivity index (χ1n) is 8.15. The molecule has 0 amide bonds. The van der Waals surface area contributed by atoms with Gasteiger partial charge >= 0.3 is 0 Å². The van der Waals surface area contributed by atoms with Gasteiger partial charge in [-0.05, 0) is 39.9 Å². The number of ether oxygens (including phenoxy) is 1. The van der Waals surface area contributed by atoms with Gasteiger partial charge in [0.1, 0.15) is 0 Å². The smallest absolute Gasteiger partial charge is 0.0691 e. The molecule has 2 saturated heterocycles. The van der Waals surface area contributed by atoms with E-state index in [0.717, 1.165) is 19.6 Å². The average molecular weight is 281 g/mol. The predicted molar refractivity (Wildman–Crippen MR) is 81.7 cm³/mol. The maximum Gasteiger partial charge on any atom is 0.0691 e. The normalized spacial score (nSPS) is 44.4. The zero-order valence-corrected chi connectivity index (χ0v) is 13.6. The van der Waals surface area contributed by atoms with Gasteiger partial charge in [0.15, 0.2) is 0 Å². The lowest BCUT2D eigenvalue weighted by atomic mass is 9.48. The molecule has 0 bridgehead atoms. The molecule has 0 aromatic carbocycles. The van der Waals surface area contributed by atoms with E-state index in [2.05, 4.69) is 37.7 Å². The van der Waals surface area contributed by atoms with Crippen LogP contribution in [0.3, 0.4) is 0 Å². The first-order chi connectivity index (χ1) is 9.36. The van der Waals surface area contributed by atoms with E-state index >= 15 is 0 Å². The molecule has 1 saturated carbocycles. The molecule has 0 aromatic heterocycles. The zero-order chi connectivity index (χ0) is 14.5. The largest absolute Gasteiger partial charge is 0.377 e. The van der Waals surface area contributed by atoms with Crippen molar-refractivity contribution in [3.05, 3.63) is 0 Å². The van der Waals surface area contributed by atoms with Crippen molar-refractivity contribution in [3.8, 4) is 0 Å². The Kier molecular flexibility index (Phi) is 3.65. The minimum Gasteiger partial charge on any atom is -0.377 e. The molecule has 1 aliphatic carbocycles. The van der Waals surface area contributed by atoms with Gasteiger partial charge in [0.05, 0.1) is 6.10 Å². The Morgan fingerprint density at radius 1 is 1.30 bits per heavy atom. The fourth-order valence-electron chi connectivity index (χ4n) is 4.76. The van der Waals surface area contributed by atoms with Crippen LogP contribution in [0.2, 0.25) is 0 Å². The number of fused-ring (bicyclic) bond motifs is 1. The van der Waals surface area contributed by atoms with Crippen molar-refractivity contribution < 1.29 is 4.74 Å². The van der Waals surface area contributed by atoms with Crippen LogP contribution in [0.15, 0.2) is 0 Å². The second-order valence-corrected chi connectivity index (χ2v) is 7.94. The first kappa shape index (κ1) is 14.8. The number of nitrogens with two attached hydrogens (primary N) is 1. The zero-order valence-electron chi connectivity index (χ0n) is 13.6. The van der Waals surface area contributed by atoms with Crippen LogP contribution in [0, 0.1) is 11.3 Å². The Labute approximate surface area is 123 Å². The average Bonchev–Trinajstić information content (AvgIpc) is 2.87. The molecule has 4 unspecified atom stereocenters. The second kappa shape index (κ2) is 4.94. The third-order valence-corrected chi connectivity index (χ3v) is 6.36. The fraction of sp³-hybridized carbons (Fsp3) is 1.00. The van der Waals surface area contributed by atoms with E-state index in [1.165, 1.54) is 25.9 Å². The SMILES string of the molecule is CN(C)C1CCCN(CC2(N)C3CCOC3C2(C)C)C1. The molecule has 0 radical (unpaired) electrons. The molecule has 4 heteroatoms.